The number of para-hydroxylation sites is 1. The molecule has 0 spiro atoms. The Hall–Kier alpha value is -2.82. The van der Waals surface area contributed by atoms with Crippen LogP contribution in [0.1, 0.15) is 33.3 Å². The van der Waals surface area contributed by atoms with Crippen LogP contribution < -0.4 is 4.90 Å². The number of nitrogens with zero attached hydrogens (tertiary/aromatic N) is 2. The molecular formula is C22H20F2N2O. The van der Waals surface area contributed by atoms with Crippen LogP contribution in [0.15, 0.2) is 48.7 Å². The van der Waals surface area contributed by atoms with E-state index in [9.17, 15) is 13.6 Å². The molecule has 3 nitrogen and oxygen atoms in total. The molecule has 0 aliphatic carbocycles. The summed E-state index contributed by atoms with van der Waals surface area (Å²) >= 11 is 0. The second-order valence-corrected chi connectivity index (χ2v) is 8.03. The number of hydrogen-bond donors (Lipinski definition) is 0. The van der Waals surface area contributed by atoms with Gasteiger partial charge in [0, 0.05) is 16.4 Å². The van der Waals surface area contributed by atoms with Crippen molar-refractivity contribution >= 4 is 28.2 Å². The summed E-state index contributed by atoms with van der Waals surface area (Å²) in [7, 11) is 0. The third-order valence-electron chi connectivity index (χ3n) is 6.06. The summed E-state index contributed by atoms with van der Waals surface area (Å²) in [4.78, 5) is 19.1. The van der Waals surface area contributed by atoms with Gasteiger partial charge in [0.25, 0.3) is 0 Å². The first-order valence-corrected chi connectivity index (χ1v) is 8.84. The van der Waals surface area contributed by atoms with Gasteiger partial charge in [-0.25, -0.2) is 8.78 Å². The molecule has 0 radical (unpaired) electrons. The summed E-state index contributed by atoms with van der Waals surface area (Å²) in [6.07, 6.45) is 1.53. The van der Waals surface area contributed by atoms with Gasteiger partial charge in [-0.1, -0.05) is 45.9 Å². The molecule has 0 unspecified atom stereocenters. The SMILES string of the molecule is CC1(C)C(=O)N(c2cnc3ccccc3c2)c2c(F)ccc(F)c2C1(C)C. The summed E-state index contributed by atoms with van der Waals surface area (Å²) in [6, 6.07) is 11.4. The first-order chi connectivity index (χ1) is 12.7. The molecule has 27 heavy (non-hydrogen) atoms. The number of pyridine rings is 1. The Morgan fingerprint density at radius 3 is 2.33 bits per heavy atom. The van der Waals surface area contributed by atoms with Gasteiger partial charge in [-0.3, -0.25) is 14.7 Å². The van der Waals surface area contributed by atoms with E-state index in [1.807, 2.05) is 24.3 Å². The summed E-state index contributed by atoms with van der Waals surface area (Å²) in [5, 5.41) is 0.823. The number of amides is 1. The average Bonchev–Trinajstić information content (AvgIpc) is 2.63. The van der Waals surface area contributed by atoms with Gasteiger partial charge in [-0.05, 0) is 24.3 Å². The lowest BCUT2D eigenvalue weighted by Gasteiger charge is -2.49. The van der Waals surface area contributed by atoms with Crippen LogP contribution in [-0.2, 0) is 10.2 Å². The highest BCUT2D eigenvalue weighted by Crippen LogP contribution is 2.54. The number of carbonyl (C=O) groups is 1. The Labute approximate surface area is 156 Å². The van der Waals surface area contributed by atoms with Crippen molar-refractivity contribution in [3.05, 3.63) is 65.9 Å². The van der Waals surface area contributed by atoms with Gasteiger partial charge >= 0.3 is 0 Å². The lowest BCUT2D eigenvalue weighted by molar-refractivity contribution is -0.129. The fourth-order valence-electron chi connectivity index (χ4n) is 3.74. The van der Waals surface area contributed by atoms with Crippen molar-refractivity contribution in [3.63, 3.8) is 0 Å². The molecular weight excluding hydrogens is 346 g/mol. The molecule has 5 heteroatoms. The molecule has 1 aliphatic rings. The highest BCUT2D eigenvalue weighted by molar-refractivity contribution is 6.08. The van der Waals surface area contributed by atoms with Gasteiger partial charge in [0.15, 0.2) is 0 Å². The zero-order valence-electron chi connectivity index (χ0n) is 15.7. The molecule has 2 heterocycles. The van der Waals surface area contributed by atoms with Crippen LogP contribution in [0.3, 0.4) is 0 Å². The number of fused-ring (bicyclic) bond motifs is 2. The average molecular weight is 366 g/mol. The maximum atomic E-state index is 14.9. The van der Waals surface area contributed by atoms with Crippen molar-refractivity contribution in [3.8, 4) is 0 Å². The molecule has 138 valence electrons. The van der Waals surface area contributed by atoms with Crippen molar-refractivity contribution in [1.29, 1.82) is 0 Å². The van der Waals surface area contributed by atoms with E-state index in [-0.39, 0.29) is 17.2 Å². The fourth-order valence-corrected chi connectivity index (χ4v) is 3.74. The number of aromatic nitrogens is 1. The molecule has 0 fully saturated rings. The van der Waals surface area contributed by atoms with Crippen molar-refractivity contribution in [2.45, 2.75) is 33.1 Å². The number of benzene rings is 2. The van der Waals surface area contributed by atoms with E-state index in [1.165, 1.54) is 11.1 Å². The van der Waals surface area contributed by atoms with Gasteiger partial charge in [0.2, 0.25) is 5.91 Å². The minimum absolute atomic E-state index is 0.0265. The normalized spacial score (nSPS) is 17.9. The highest BCUT2D eigenvalue weighted by atomic mass is 19.1. The Bertz CT molecular complexity index is 1090. The molecule has 0 N–H and O–H groups in total. The monoisotopic (exact) mass is 366 g/mol. The molecule has 1 aliphatic heterocycles. The number of rotatable bonds is 1. The Morgan fingerprint density at radius 1 is 0.926 bits per heavy atom. The van der Waals surface area contributed by atoms with E-state index in [4.69, 9.17) is 0 Å². The van der Waals surface area contributed by atoms with Crippen molar-refractivity contribution in [2.75, 3.05) is 4.90 Å². The predicted molar refractivity (Wildman–Crippen MR) is 102 cm³/mol. The molecule has 0 atom stereocenters. The molecule has 1 aromatic heterocycles. The summed E-state index contributed by atoms with van der Waals surface area (Å²) in [5.41, 5.74) is -0.452. The second kappa shape index (κ2) is 5.59. The van der Waals surface area contributed by atoms with E-state index in [1.54, 1.807) is 33.8 Å². The number of anilines is 2. The van der Waals surface area contributed by atoms with Gasteiger partial charge in [-0.15, -0.1) is 0 Å². The Kier molecular flexibility index (Phi) is 3.64. The summed E-state index contributed by atoms with van der Waals surface area (Å²) in [5.74, 6) is -1.44. The molecule has 0 saturated heterocycles. The maximum Gasteiger partial charge on any atom is 0.238 e. The Balaban J connectivity index is 2.05. The zero-order valence-corrected chi connectivity index (χ0v) is 15.7. The third kappa shape index (κ3) is 2.30. The van der Waals surface area contributed by atoms with Crippen LogP contribution in [-0.4, -0.2) is 10.9 Å². The van der Waals surface area contributed by atoms with Gasteiger partial charge in [-0.2, -0.15) is 0 Å². The van der Waals surface area contributed by atoms with Crippen molar-refractivity contribution in [2.24, 2.45) is 5.41 Å². The largest absolute Gasteiger partial charge is 0.276 e. The lowest BCUT2D eigenvalue weighted by atomic mass is 9.60. The fraction of sp³-hybridized carbons (Fsp3) is 0.273. The summed E-state index contributed by atoms with van der Waals surface area (Å²) in [6.45, 7) is 7.10. The first-order valence-electron chi connectivity index (χ1n) is 8.84. The van der Waals surface area contributed by atoms with E-state index in [0.717, 1.165) is 23.0 Å². The maximum absolute atomic E-state index is 14.9. The smallest absolute Gasteiger partial charge is 0.238 e. The van der Waals surface area contributed by atoms with Crippen LogP contribution in [0.4, 0.5) is 20.2 Å². The molecule has 0 bridgehead atoms. The van der Waals surface area contributed by atoms with E-state index >= 15 is 0 Å². The zero-order chi connectivity index (χ0) is 19.6. The van der Waals surface area contributed by atoms with Gasteiger partial charge in [0.05, 0.1) is 28.5 Å². The van der Waals surface area contributed by atoms with Gasteiger partial charge in [0.1, 0.15) is 11.6 Å². The first kappa shape index (κ1) is 17.6. The van der Waals surface area contributed by atoms with E-state index < -0.39 is 22.5 Å². The number of hydrogen-bond acceptors (Lipinski definition) is 2. The van der Waals surface area contributed by atoms with Crippen LogP contribution in [0.5, 0.6) is 0 Å². The second-order valence-electron chi connectivity index (χ2n) is 8.03. The minimum Gasteiger partial charge on any atom is -0.276 e. The van der Waals surface area contributed by atoms with Crippen molar-refractivity contribution < 1.29 is 13.6 Å². The van der Waals surface area contributed by atoms with Crippen LogP contribution in [0, 0.1) is 17.0 Å². The molecule has 2 aromatic carbocycles. The standard InChI is InChI=1S/C22H20F2N2O/c1-21(2)18-15(23)9-10-16(24)19(18)26(20(27)22(21,3)4)14-11-13-7-5-6-8-17(13)25-12-14/h5-12H,1-4H3. The van der Waals surface area contributed by atoms with Crippen LogP contribution in [0.2, 0.25) is 0 Å². The van der Waals surface area contributed by atoms with Gasteiger partial charge < -0.3 is 0 Å². The number of halogens is 2. The molecule has 3 aromatic rings. The van der Waals surface area contributed by atoms with Crippen molar-refractivity contribution in [1.82, 2.24) is 4.98 Å². The summed E-state index contributed by atoms with van der Waals surface area (Å²) < 4.78 is 29.7. The third-order valence-corrected chi connectivity index (χ3v) is 6.06. The quantitative estimate of drug-likeness (QED) is 0.570. The Morgan fingerprint density at radius 2 is 1.59 bits per heavy atom. The van der Waals surface area contributed by atoms with E-state index in [0.29, 0.717) is 5.69 Å². The van der Waals surface area contributed by atoms with Crippen LogP contribution >= 0.6 is 0 Å². The van der Waals surface area contributed by atoms with E-state index in [2.05, 4.69) is 4.98 Å². The molecule has 1 amide bonds. The molecule has 0 saturated carbocycles. The predicted octanol–water partition coefficient (Wildman–Crippen LogP) is 5.50. The topological polar surface area (TPSA) is 33.2 Å². The highest BCUT2D eigenvalue weighted by Gasteiger charge is 2.54. The minimum atomic E-state index is -0.944. The van der Waals surface area contributed by atoms with Crippen LogP contribution in [0.25, 0.3) is 10.9 Å². The number of carbonyl (C=O) groups excluding carboxylic acids is 1. The lowest BCUT2D eigenvalue weighted by Crippen LogP contribution is -2.54. The molecule has 4 rings (SSSR count).